The first-order chi connectivity index (χ1) is 16.9. The van der Waals surface area contributed by atoms with Crippen molar-refractivity contribution in [2.24, 2.45) is 5.92 Å². The van der Waals surface area contributed by atoms with Crippen molar-refractivity contribution in [3.05, 3.63) is 78.0 Å². The number of hydrogen-bond acceptors (Lipinski definition) is 7. The summed E-state index contributed by atoms with van der Waals surface area (Å²) < 4.78 is 0. The van der Waals surface area contributed by atoms with Crippen LogP contribution >= 0.6 is 23.2 Å². The molecule has 190 valence electrons. The van der Waals surface area contributed by atoms with Gasteiger partial charge in [-0.15, -0.1) is 0 Å². The van der Waals surface area contributed by atoms with Gasteiger partial charge in [0.05, 0.1) is 21.3 Å². The highest BCUT2D eigenvalue weighted by Crippen LogP contribution is 2.32. The fourth-order valence-electron chi connectivity index (χ4n) is 3.48. The number of amides is 2. The van der Waals surface area contributed by atoms with Crippen LogP contribution in [-0.4, -0.2) is 42.0 Å². The average molecular weight is 533 g/mol. The Kier molecular flexibility index (Phi) is 8.27. The second kappa shape index (κ2) is 11.0. The minimum atomic E-state index is -0.841. The number of phenolic OH excluding ortho intramolecular Hbond substituents is 1. The number of nitrogens with zero attached hydrogens (tertiary/aromatic N) is 1. The number of carbonyl (C=O) groups excluding carboxylic acids is 2. The number of aromatic hydroxyl groups is 1. The monoisotopic (exact) mass is 532 g/mol. The molecule has 0 bridgehead atoms. The van der Waals surface area contributed by atoms with E-state index in [9.17, 15) is 24.3 Å². The third-order valence-corrected chi connectivity index (χ3v) is 6.28. The predicted octanol–water partition coefficient (Wildman–Crippen LogP) is 3.49. The second-order valence-corrected chi connectivity index (χ2v) is 9.58. The van der Waals surface area contributed by atoms with Crippen molar-refractivity contribution in [1.29, 1.82) is 0 Å². The molecular formula is C25H26Cl2N4O5. The first-order valence-electron chi connectivity index (χ1n) is 11.0. The topological polar surface area (TPSA) is 128 Å². The minimum Gasteiger partial charge on any atom is -0.505 e. The summed E-state index contributed by atoms with van der Waals surface area (Å²) in [5.74, 6) is -1.44. The van der Waals surface area contributed by atoms with Gasteiger partial charge in [-0.25, -0.2) is 0 Å². The van der Waals surface area contributed by atoms with Crippen LogP contribution in [0, 0.1) is 5.92 Å². The quantitative estimate of drug-likeness (QED) is 0.245. The van der Waals surface area contributed by atoms with Crippen molar-refractivity contribution in [2.45, 2.75) is 26.4 Å². The molecule has 0 aliphatic carbocycles. The molecule has 0 saturated heterocycles. The van der Waals surface area contributed by atoms with Gasteiger partial charge >= 0.3 is 0 Å². The van der Waals surface area contributed by atoms with Crippen molar-refractivity contribution in [3.63, 3.8) is 0 Å². The van der Waals surface area contributed by atoms with Crippen LogP contribution in [0.15, 0.2) is 46.0 Å². The van der Waals surface area contributed by atoms with Crippen LogP contribution in [0.4, 0.5) is 17.1 Å². The Morgan fingerprint density at radius 3 is 2.28 bits per heavy atom. The number of phenols is 1. The van der Waals surface area contributed by atoms with Gasteiger partial charge in [0.2, 0.25) is 5.91 Å². The number of hydrogen-bond donors (Lipinski definition) is 4. The fraction of sp³-hybridized carbons (Fsp3) is 0.280. The van der Waals surface area contributed by atoms with Crippen molar-refractivity contribution in [2.75, 3.05) is 24.7 Å². The van der Waals surface area contributed by atoms with E-state index in [-0.39, 0.29) is 40.8 Å². The standard InChI is InChI=1S/C25H26Cl2N4O5/c1-12(2)18(24(35)28-11-13-8-9-15(26)16(27)10-13)30-20-19(22(33)23(20)34)29-17-7-5-6-14(21(17)32)25(36)31(3)4/h5-10,12,18,29-30,32H,11H2,1-4H3,(H,28,35)/t18-/m1/s1. The van der Waals surface area contributed by atoms with Crippen molar-refractivity contribution in [1.82, 2.24) is 10.2 Å². The molecule has 0 aromatic heterocycles. The van der Waals surface area contributed by atoms with Crippen LogP contribution in [0.3, 0.4) is 0 Å². The van der Waals surface area contributed by atoms with Crippen LogP contribution in [-0.2, 0) is 11.3 Å². The van der Waals surface area contributed by atoms with Gasteiger partial charge < -0.3 is 26.0 Å². The van der Waals surface area contributed by atoms with E-state index >= 15 is 0 Å². The average Bonchev–Trinajstić information content (AvgIpc) is 2.83. The summed E-state index contributed by atoms with van der Waals surface area (Å²) in [4.78, 5) is 51.2. The molecule has 0 heterocycles. The van der Waals surface area contributed by atoms with Gasteiger partial charge in [0, 0.05) is 20.6 Å². The summed E-state index contributed by atoms with van der Waals surface area (Å²) in [7, 11) is 3.08. The first-order valence-corrected chi connectivity index (χ1v) is 11.8. The van der Waals surface area contributed by atoms with Gasteiger partial charge in [0.25, 0.3) is 16.8 Å². The number of para-hydroxylation sites is 1. The van der Waals surface area contributed by atoms with E-state index < -0.39 is 28.7 Å². The molecule has 11 heteroatoms. The summed E-state index contributed by atoms with van der Waals surface area (Å²) in [6, 6.07) is 8.59. The van der Waals surface area contributed by atoms with Gasteiger partial charge in [-0.3, -0.25) is 19.2 Å². The molecule has 2 amide bonds. The fourth-order valence-corrected chi connectivity index (χ4v) is 3.80. The van der Waals surface area contributed by atoms with Crippen molar-refractivity contribution >= 4 is 52.1 Å². The molecular weight excluding hydrogens is 507 g/mol. The highest BCUT2D eigenvalue weighted by Gasteiger charge is 2.29. The first kappa shape index (κ1) is 27.0. The van der Waals surface area contributed by atoms with E-state index in [0.29, 0.717) is 10.0 Å². The molecule has 9 nitrogen and oxygen atoms in total. The highest BCUT2D eigenvalue weighted by atomic mass is 35.5. The lowest BCUT2D eigenvalue weighted by Crippen LogP contribution is -2.47. The Morgan fingerprint density at radius 2 is 1.67 bits per heavy atom. The van der Waals surface area contributed by atoms with E-state index in [4.69, 9.17) is 23.2 Å². The van der Waals surface area contributed by atoms with Crippen molar-refractivity contribution in [3.8, 4) is 5.75 Å². The van der Waals surface area contributed by atoms with Crippen molar-refractivity contribution < 1.29 is 14.7 Å². The smallest absolute Gasteiger partial charge is 0.257 e. The predicted molar refractivity (Wildman–Crippen MR) is 141 cm³/mol. The van der Waals surface area contributed by atoms with Gasteiger partial charge in [-0.05, 0) is 35.7 Å². The number of benzene rings is 2. The maximum atomic E-state index is 12.9. The number of carbonyl (C=O) groups is 2. The zero-order valence-electron chi connectivity index (χ0n) is 20.1. The molecule has 4 N–H and O–H groups in total. The molecule has 0 aliphatic rings. The Hall–Kier alpha value is -3.56. The number of anilines is 3. The number of rotatable bonds is 9. The van der Waals surface area contributed by atoms with Crippen LogP contribution < -0.4 is 26.8 Å². The normalized spacial score (nSPS) is 11.9. The maximum absolute atomic E-state index is 12.9. The SMILES string of the molecule is CC(C)[C@@H](Nc1c(Nc2cccc(C(=O)N(C)C)c2O)c(=O)c1=O)C(=O)NCc1ccc(Cl)c(Cl)c1. The maximum Gasteiger partial charge on any atom is 0.257 e. The van der Waals surface area contributed by atoms with Gasteiger partial charge in [0.1, 0.15) is 17.4 Å². The van der Waals surface area contributed by atoms with Crippen LogP contribution in [0.1, 0.15) is 29.8 Å². The van der Waals surface area contributed by atoms with E-state index in [0.717, 1.165) is 5.56 Å². The lowest BCUT2D eigenvalue weighted by atomic mass is 10.0. The Labute approximate surface area is 217 Å². The summed E-state index contributed by atoms with van der Waals surface area (Å²) in [5, 5.41) is 19.7. The summed E-state index contributed by atoms with van der Waals surface area (Å²) in [5.41, 5.74) is -0.942. The van der Waals surface area contributed by atoms with E-state index in [1.165, 1.54) is 23.1 Å². The van der Waals surface area contributed by atoms with E-state index in [1.54, 1.807) is 46.1 Å². The molecule has 0 radical (unpaired) electrons. The van der Waals surface area contributed by atoms with E-state index in [1.807, 2.05) is 0 Å². The Morgan fingerprint density at radius 1 is 1.00 bits per heavy atom. The summed E-state index contributed by atoms with van der Waals surface area (Å²) in [6.07, 6.45) is 0. The molecule has 1 atom stereocenters. The zero-order chi connectivity index (χ0) is 26.7. The molecule has 0 unspecified atom stereocenters. The highest BCUT2D eigenvalue weighted by molar-refractivity contribution is 6.42. The summed E-state index contributed by atoms with van der Waals surface area (Å²) in [6.45, 7) is 3.76. The van der Waals surface area contributed by atoms with Gasteiger partial charge in [-0.1, -0.05) is 49.2 Å². The minimum absolute atomic E-state index is 0.0277. The molecule has 3 aromatic rings. The molecule has 36 heavy (non-hydrogen) atoms. The largest absolute Gasteiger partial charge is 0.505 e. The molecule has 3 rings (SSSR count). The lowest BCUT2D eigenvalue weighted by molar-refractivity contribution is -0.122. The molecule has 0 saturated carbocycles. The molecule has 0 spiro atoms. The Bertz CT molecular complexity index is 1380. The zero-order valence-corrected chi connectivity index (χ0v) is 21.6. The summed E-state index contributed by atoms with van der Waals surface area (Å²) >= 11 is 12.0. The van der Waals surface area contributed by atoms with E-state index in [2.05, 4.69) is 16.0 Å². The molecule has 0 aliphatic heterocycles. The Balaban J connectivity index is 1.80. The lowest BCUT2D eigenvalue weighted by Gasteiger charge is -2.25. The molecule has 3 aromatic carbocycles. The second-order valence-electron chi connectivity index (χ2n) is 8.77. The number of nitrogens with one attached hydrogen (secondary N) is 3. The number of halogens is 2. The molecule has 0 fully saturated rings. The van der Waals surface area contributed by atoms with Crippen LogP contribution in [0.25, 0.3) is 0 Å². The third kappa shape index (κ3) is 5.63. The third-order valence-electron chi connectivity index (χ3n) is 5.54. The van der Waals surface area contributed by atoms with Gasteiger partial charge in [-0.2, -0.15) is 0 Å². The van der Waals surface area contributed by atoms with Crippen LogP contribution in [0.2, 0.25) is 10.0 Å². The van der Waals surface area contributed by atoms with Crippen LogP contribution in [0.5, 0.6) is 5.75 Å². The van der Waals surface area contributed by atoms with Gasteiger partial charge in [0.15, 0.2) is 5.75 Å².